The average Bonchev–Trinajstić information content (AvgIpc) is 2.81. The molecular formula is C14H18N2O3. The number of rotatable bonds is 5. The summed E-state index contributed by atoms with van der Waals surface area (Å²) in [6, 6.07) is 5.89. The van der Waals surface area contributed by atoms with Gasteiger partial charge in [0.1, 0.15) is 5.75 Å². The number of fused-ring (bicyclic) bond motifs is 1. The van der Waals surface area contributed by atoms with Crippen molar-refractivity contribution in [2.75, 3.05) is 20.3 Å². The minimum absolute atomic E-state index is 0.375. The number of ether oxygens (including phenoxy) is 2. The number of aromatic amines is 1. The van der Waals surface area contributed by atoms with Crippen LogP contribution < -0.4 is 10.1 Å². The van der Waals surface area contributed by atoms with Crippen molar-refractivity contribution >= 4 is 17.0 Å². The molecule has 2 aromatic rings. The van der Waals surface area contributed by atoms with Crippen LogP contribution in [0.4, 0.5) is 4.79 Å². The Morgan fingerprint density at radius 3 is 3.00 bits per heavy atom. The number of alkyl carbamates (subject to hydrolysis) is 1. The quantitative estimate of drug-likeness (QED) is 0.870. The Labute approximate surface area is 111 Å². The Kier molecular flexibility index (Phi) is 4.28. The number of benzene rings is 1. The number of hydrogen-bond acceptors (Lipinski definition) is 3. The van der Waals surface area contributed by atoms with E-state index in [1.54, 1.807) is 14.0 Å². The second-order valence-electron chi connectivity index (χ2n) is 4.12. The molecule has 5 heteroatoms. The molecular weight excluding hydrogens is 244 g/mol. The lowest BCUT2D eigenvalue weighted by atomic mass is 10.1. The maximum Gasteiger partial charge on any atom is 0.407 e. The third-order valence-electron chi connectivity index (χ3n) is 2.91. The van der Waals surface area contributed by atoms with Gasteiger partial charge < -0.3 is 19.8 Å². The molecule has 1 amide bonds. The van der Waals surface area contributed by atoms with E-state index in [1.807, 2.05) is 24.4 Å². The van der Waals surface area contributed by atoms with Gasteiger partial charge in [-0.3, -0.25) is 0 Å². The van der Waals surface area contributed by atoms with Crippen LogP contribution in [0.3, 0.4) is 0 Å². The van der Waals surface area contributed by atoms with Crippen LogP contribution in [-0.2, 0) is 11.2 Å². The van der Waals surface area contributed by atoms with Crippen LogP contribution in [0, 0.1) is 0 Å². The molecule has 0 aliphatic carbocycles. The van der Waals surface area contributed by atoms with Crippen molar-refractivity contribution in [2.45, 2.75) is 13.3 Å². The summed E-state index contributed by atoms with van der Waals surface area (Å²) in [4.78, 5) is 14.4. The highest BCUT2D eigenvalue weighted by atomic mass is 16.5. The number of nitrogens with one attached hydrogen (secondary N) is 2. The van der Waals surface area contributed by atoms with Gasteiger partial charge in [0.25, 0.3) is 0 Å². The lowest BCUT2D eigenvalue weighted by molar-refractivity contribution is 0.152. The minimum atomic E-state index is -0.375. The Morgan fingerprint density at radius 1 is 1.42 bits per heavy atom. The molecule has 0 fully saturated rings. The fourth-order valence-electron chi connectivity index (χ4n) is 1.97. The zero-order valence-corrected chi connectivity index (χ0v) is 11.2. The molecule has 0 saturated heterocycles. The first-order chi connectivity index (χ1) is 9.24. The lowest BCUT2D eigenvalue weighted by Crippen LogP contribution is -2.26. The van der Waals surface area contributed by atoms with E-state index in [-0.39, 0.29) is 6.09 Å². The van der Waals surface area contributed by atoms with Gasteiger partial charge >= 0.3 is 6.09 Å². The van der Waals surface area contributed by atoms with E-state index >= 15 is 0 Å². The van der Waals surface area contributed by atoms with Gasteiger partial charge in [-0.1, -0.05) is 0 Å². The molecule has 0 bridgehead atoms. The van der Waals surface area contributed by atoms with Gasteiger partial charge in [0.05, 0.1) is 13.7 Å². The van der Waals surface area contributed by atoms with Crippen molar-refractivity contribution in [3.63, 3.8) is 0 Å². The summed E-state index contributed by atoms with van der Waals surface area (Å²) in [6.45, 7) is 2.71. The normalized spacial score (nSPS) is 10.4. The molecule has 0 aliphatic rings. The van der Waals surface area contributed by atoms with Gasteiger partial charge in [0.15, 0.2) is 0 Å². The number of H-pyrrole nitrogens is 1. The summed E-state index contributed by atoms with van der Waals surface area (Å²) < 4.78 is 10.0. The molecule has 0 saturated carbocycles. The van der Waals surface area contributed by atoms with Crippen molar-refractivity contribution < 1.29 is 14.3 Å². The van der Waals surface area contributed by atoms with Gasteiger partial charge in [0.2, 0.25) is 0 Å². The molecule has 1 aromatic heterocycles. The van der Waals surface area contributed by atoms with Crippen molar-refractivity contribution in [3.05, 3.63) is 30.0 Å². The number of methoxy groups -OCH3 is 1. The molecule has 1 heterocycles. The second kappa shape index (κ2) is 6.13. The van der Waals surface area contributed by atoms with Crippen LogP contribution in [0.25, 0.3) is 10.9 Å². The van der Waals surface area contributed by atoms with Crippen molar-refractivity contribution in [1.29, 1.82) is 0 Å². The highest BCUT2D eigenvalue weighted by Crippen LogP contribution is 2.23. The Morgan fingerprint density at radius 2 is 2.26 bits per heavy atom. The highest BCUT2D eigenvalue weighted by Gasteiger charge is 2.06. The summed E-state index contributed by atoms with van der Waals surface area (Å²) in [5, 5.41) is 3.82. The number of aromatic nitrogens is 1. The smallest absolute Gasteiger partial charge is 0.407 e. The van der Waals surface area contributed by atoms with E-state index in [0.29, 0.717) is 13.2 Å². The van der Waals surface area contributed by atoms with Crippen LogP contribution in [0.2, 0.25) is 0 Å². The molecule has 2 rings (SSSR count). The van der Waals surface area contributed by atoms with E-state index in [4.69, 9.17) is 9.47 Å². The second-order valence-corrected chi connectivity index (χ2v) is 4.12. The predicted molar refractivity (Wildman–Crippen MR) is 73.6 cm³/mol. The van der Waals surface area contributed by atoms with Gasteiger partial charge in [-0.15, -0.1) is 0 Å². The molecule has 19 heavy (non-hydrogen) atoms. The first-order valence-corrected chi connectivity index (χ1v) is 6.29. The average molecular weight is 262 g/mol. The Hall–Kier alpha value is -2.17. The molecule has 0 radical (unpaired) electrons. The monoisotopic (exact) mass is 262 g/mol. The third kappa shape index (κ3) is 3.19. The predicted octanol–water partition coefficient (Wildman–Crippen LogP) is 2.47. The molecule has 2 N–H and O–H groups in total. The molecule has 5 nitrogen and oxygen atoms in total. The number of amides is 1. The van der Waals surface area contributed by atoms with E-state index in [2.05, 4.69) is 10.3 Å². The zero-order chi connectivity index (χ0) is 13.7. The van der Waals surface area contributed by atoms with Crippen LogP contribution in [0.1, 0.15) is 12.5 Å². The van der Waals surface area contributed by atoms with Crippen molar-refractivity contribution in [1.82, 2.24) is 10.3 Å². The number of hydrogen-bond donors (Lipinski definition) is 2. The van der Waals surface area contributed by atoms with Gasteiger partial charge in [-0.2, -0.15) is 0 Å². The molecule has 1 aromatic carbocycles. The maximum absolute atomic E-state index is 11.2. The van der Waals surface area contributed by atoms with Crippen LogP contribution in [0.5, 0.6) is 5.75 Å². The van der Waals surface area contributed by atoms with Gasteiger partial charge in [-0.05, 0) is 37.1 Å². The van der Waals surface area contributed by atoms with Crippen molar-refractivity contribution in [3.8, 4) is 5.75 Å². The van der Waals surface area contributed by atoms with E-state index in [1.165, 1.54) is 0 Å². The Bertz CT molecular complexity index is 563. The molecule has 0 atom stereocenters. The van der Waals surface area contributed by atoms with Gasteiger partial charge in [0, 0.05) is 23.6 Å². The summed E-state index contributed by atoms with van der Waals surface area (Å²) in [6.07, 6.45) is 2.32. The largest absolute Gasteiger partial charge is 0.497 e. The fraction of sp³-hybridized carbons (Fsp3) is 0.357. The van der Waals surface area contributed by atoms with Crippen molar-refractivity contribution in [2.24, 2.45) is 0 Å². The van der Waals surface area contributed by atoms with Crippen LogP contribution in [-0.4, -0.2) is 31.3 Å². The first kappa shape index (κ1) is 13.3. The first-order valence-electron chi connectivity index (χ1n) is 6.29. The highest BCUT2D eigenvalue weighted by molar-refractivity contribution is 5.84. The molecule has 0 unspecified atom stereocenters. The van der Waals surface area contributed by atoms with Gasteiger partial charge in [-0.25, -0.2) is 4.79 Å². The summed E-state index contributed by atoms with van der Waals surface area (Å²) >= 11 is 0. The number of carbonyl (C=O) groups excluding carboxylic acids is 1. The standard InChI is InChI=1S/C14H18N2O3/c1-3-19-14(17)15-7-6-10-9-16-13-5-4-11(18-2)8-12(10)13/h4-5,8-9,16H,3,6-7H2,1-2H3,(H,15,17). The number of carbonyl (C=O) groups is 1. The maximum atomic E-state index is 11.2. The third-order valence-corrected chi connectivity index (χ3v) is 2.91. The van der Waals surface area contributed by atoms with E-state index < -0.39 is 0 Å². The topological polar surface area (TPSA) is 63.3 Å². The van der Waals surface area contributed by atoms with E-state index in [0.717, 1.165) is 28.6 Å². The van der Waals surface area contributed by atoms with Crippen LogP contribution in [0.15, 0.2) is 24.4 Å². The minimum Gasteiger partial charge on any atom is -0.497 e. The fourth-order valence-corrected chi connectivity index (χ4v) is 1.97. The SMILES string of the molecule is CCOC(=O)NCCc1c[nH]c2ccc(OC)cc12. The molecule has 0 spiro atoms. The lowest BCUT2D eigenvalue weighted by Gasteiger charge is -2.05. The van der Waals surface area contributed by atoms with Crippen LogP contribution >= 0.6 is 0 Å². The molecule has 0 aliphatic heterocycles. The van der Waals surface area contributed by atoms with E-state index in [9.17, 15) is 4.79 Å². The Balaban J connectivity index is 2.02. The summed E-state index contributed by atoms with van der Waals surface area (Å²) in [7, 11) is 1.65. The zero-order valence-electron chi connectivity index (χ0n) is 11.2. The summed E-state index contributed by atoms with van der Waals surface area (Å²) in [5.41, 5.74) is 2.21. The molecule has 102 valence electrons. The summed E-state index contributed by atoms with van der Waals surface area (Å²) in [5.74, 6) is 0.826.